The normalized spacial score (nSPS) is 9.42. The molecule has 1 aromatic heterocycles. The van der Waals surface area contributed by atoms with Gasteiger partial charge in [0.25, 0.3) is 0 Å². The van der Waals surface area contributed by atoms with E-state index in [9.17, 15) is 0 Å². The third kappa shape index (κ3) is 2.90. The molecule has 0 aliphatic rings. The van der Waals surface area contributed by atoms with Crippen LogP contribution in [0.1, 0.15) is 0 Å². The summed E-state index contributed by atoms with van der Waals surface area (Å²) >= 11 is 12.6. The van der Waals surface area contributed by atoms with Crippen LogP contribution >= 0.6 is 35.0 Å². The highest BCUT2D eigenvalue weighted by atomic mass is 35.5. The third-order valence-corrected chi connectivity index (χ3v) is 2.07. The first-order valence-corrected chi connectivity index (χ1v) is 4.73. The summed E-state index contributed by atoms with van der Waals surface area (Å²) in [6.45, 7) is 0. The van der Waals surface area contributed by atoms with Gasteiger partial charge in [-0.25, -0.2) is 9.97 Å². The van der Waals surface area contributed by atoms with Crippen LogP contribution in [0.4, 0.5) is 0 Å². The van der Waals surface area contributed by atoms with Crippen LogP contribution in [0, 0.1) is 12.3 Å². The van der Waals surface area contributed by atoms with Gasteiger partial charge in [-0.1, -0.05) is 40.9 Å². The molecule has 0 amide bonds. The van der Waals surface area contributed by atoms with E-state index in [4.69, 9.17) is 29.6 Å². The molecule has 0 aromatic carbocycles. The van der Waals surface area contributed by atoms with Crippen molar-refractivity contribution in [2.24, 2.45) is 0 Å². The van der Waals surface area contributed by atoms with Gasteiger partial charge in [0.05, 0.1) is 5.75 Å². The van der Waals surface area contributed by atoms with Gasteiger partial charge in [0.1, 0.15) is 10.3 Å². The lowest BCUT2D eigenvalue weighted by molar-refractivity contribution is 0.970. The monoisotopic (exact) mass is 218 g/mol. The van der Waals surface area contributed by atoms with Gasteiger partial charge in [0.15, 0.2) is 5.16 Å². The Morgan fingerprint density at radius 3 is 2.50 bits per heavy atom. The second-order valence-electron chi connectivity index (χ2n) is 1.79. The summed E-state index contributed by atoms with van der Waals surface area (Å²) in [5, 5.41) is 1.16. The first kappa shape index (κ1) is 9.66. The van der Waals surface area contributed by atoms with Gasteiger partial charge in [0, 0.05) is 6.07 Å². The SMILES string of the molecule is C#CCSc1nc(Cl)cc(Cl)n1. The summed E-state index contributed by atoms with van der Waals surface area (Å²) in [5.41, 5.74) is 0. The van der Waals surface area contributed by atoms with Crippen LogP contribution in [0.15, 0.2) is 11.2 Å². The molecule has 12 heavy (non-hydrogen) atoms. The van der Waals surface area contributed by atoms with Crippen LogP contribution in [0.2, 0.25) is 10.3 Å². The standard InChI is InChI=1S/C7H4Cl2N2S/c1-2-3-12-7-10-5(8)4-6(9)11-7/h1,4H,3H2. The molecule has 0 spiro atoms. The van der Waals surface area contributed by atoms with Crippen molar-refractivity contribution in [3.8, 4) is 12.3 Å². The van der Waals surface area contributed by atoms with Crippen LogP contribution in [0.3, 0.4) is 0 Å². The van der Waals surface area contributed by atoms with E-state index in [-0.39, 0.29) is 0 Å². The molecular weight excluding hydrogens is 215 g/mol. The van der Waals surface area contributed by atoms with Crippen LogP contribution in [0.25, 0.3) is 0 Å². The van der Waals surface area contributed by atoms with Crippen molar-refractivity contribution in [2.45, 2.75) is 5.16 Å². The second kappa shape index (κ2) is 4.56. The Balaban J connectivity index is 2.80. The van der Waals surface area contributed by atoms with Crippen molar-refractivity contribution in [1.29, 1.82) is 0 Å². The van der Waals surface area contributed by atoms with E-state index in [2.05, 4.69) is 15.9 Å². The van der Waals surface area contributed by atoms with E-state index in [1.165, 1.54) is 17.8 Å². The molecule has 0 N–H and O–H groups in total. The summed E-state index contributed by atoms with van der Waals surface area (Å²) < 4.78 is 0. The Kier molecular flexibility index (Phi) is 3.67. The van der Waals surface area contributed by atoms with E-state index >= 15 is 0 Å². The van der Waals surface area contributed by atoms with Crippen molar-refractivity contribution in [1.82, 2.24) is 9.97 Å². The number of hydrogen-bond acceptors (Lipinski definition) is 3. The zero-order valence-electron chi connectivity index (χ0n) is 5.92. The summed E-state index contributed by atoms with van der Waals surface area (Å²) in [7, 11) is 0. The summed E-state index contributed by atoms with van der Waals surface area (Å²) in [5.74, 6) is 2.96. The maximum Gasteiger partial charge on any atom is 0.191 e. The fraction of sp³-hybridized carbons (Fsp3) is 0.143. The number of rotatable bonds is 2. The number of terminal acetylenes is 1. The fourth-order valence-electron chi connectivity index (χ4n) is 0.541. The number of aromatic nitrogens is 2. The van der Waals surface area contributed by atoms with Crippen LogP contribution in [0.5, 0.6) is 0 Å². The lowest BCUT2D eigenvalue weighted by Gasteiger charge is -1.96. The third-order valence-electron chi connectivity index (χ3n) is 0.928. The predicted molar refractivity (Wildman–Crippen MR) is 51.6 cm³/mol. The summed E-state index contributed by atoms with van der Waals surface area (Å²) in [6, 6.07) is 1.48. The van der Waals surface area contributed by atoms with Crippen molar-refractivity contribution >= 4 is 35.0 Å². The van der Waals surface area contributed by atoms with Gasteiger partial charge >= 0.3 is 0 Å². The molecule has 0 bridgehead atoms. The minimum absolute atomic E-state index is 0.328. The molecule has 2 nitrogen and oxygen atoms in total. The van der Waals surface area contributed by atoms with Crippen molar-refractivity contribution in [2.75, 3.05) is 5.75 Å². The lowest BCUT2D eigenvalue weighted by Crippen LogP contribution is -1.87. The molecule has 0 unspecified atom stereocenters. The summed E-state index contributed by atoms with van der Waals surface area (Å²) in [6.07, 6.45) is 5.06. The van der Waals surface area contributed by atoms with Crippen molar-refractivity contribution in [3.05, 3.63) is 16.4 Å². The fourth-order valence-corrected chi connectivity index (χ4v) is 1.60. The van der Waals surface area contributed by atoms with Gasteiger partial charge in [0.2, 0.25) is 0 Å². The minimum atomic E-state index is 0.328. The molecule has 0 radical (unpaired) electrons. The maximum absolute atomic E-state index is 5.63. The Morgan fingerprint density at radius 2 is 2.00 bits per heavy atom. The average molecular weight is 219 g/mol. The van der Waals surface area contributed by atoms with E-state index in [1.807, 2.05) is 0 Å². The highest BCUT2D eigenvalue weighted by Crippen LogP contribution is 2.18. The highest BCUT2D eigenvalue weighted by molar-refractivity contribution is 7.99. The Hall–Kier alpha value is -0.430. The molecular formula is C7H4Cl2N2S. The first-order valence-electron chi connectivity index (χ1n) is 2.98. The minimum Gasteiger partial charge on any atom is -0.210 e. The summed E-state index contributed by atoms with van der Waals surface area (Å²) in [4.78, 5) is 7.82. The van der Waals surface area contributed by atoms with E-state index in [1.54, 1.807) is 0 Å². The van der Waals surface area contributed by atoms with Crippen molar-refractivity contribution < 1.29 is 0 Å². The maximum atomic E-state index is 5.63. The van der Waals surface area contributed by atoms with Gasteiger partial charge < -0.3 is 0 Å². The molecule has 62 valence electrons. The second-order valence-corrected chi connectivity index (χ2v) is 3.51. The molecule has 0 fully saturated rings. The number of hydrogen-bond donors (Lipinski definition) is 0. The smallest absolute Gasteiger partial charge is 0.191 e. The highest BCUT2D eigenvalue weighted by Gasteiger charge is 2.00. The molecule has 0 saturated heterocycles. The Labute approximate surface area is 84.7 Å². The molecule has 0 aliphatic heterocycles. The average Bonchev–Trinajstić information content (AvgIpc) is 1.99. The number of halogens is 2. The van der Waals surface area contributed by atoms with Gasteiger partial charge in [-0.15, -0.1) is 6.42 Å². The van der Waals surface area contributed by atoms with Crippen molar-refractivity contribution in [3.63, 3.8) is 0 Å². The van der Waals surface area contributed by atoms with Crippen LogP contribution in [-0.4, -0.2) is 15.7 Å². The first-order chi connectivity index (χ1) is 5.72. The molecule has 0 atom stereocenters. The lowest BCUT2D eigenvalue weighted by atomic mass is 10.7. The van der Waals surface area contributed by atoms with Crippen LogP contribution in [-0.2, 0) is 0 Å². The topological polar surface area (TPSA) is 25.8 Å². The molecule has 0 aliphatic carbocycles. The van der Waals surface area contributed by atoms with Crippen LogP contribution < -0.4 is 0 Å². The van der Waals surface area contributed by atoms with Gasteiger partial charge in [-0.2, -0.15) is 0 Å². The zero-order chi connectivity index (χ0) is 8.97. The van der Waals surface area contributed by atoms with Gasteiger partial charge in [-0.05, 0) is 0 Å². The quantitative estimate of drug-likeness (QED) is 0.331. The molecule has 1 heterocycles. The Bertz CT molecular complexity index is 301. The number of thioether (sulfide) groups is 1. The molecule has 5 heteroatoms. The molecule has 1 rings (SSSR count). The van der Waals surface area contributed by atoms with E-state index < -0.39 is 0 Å². The van der Waals surface area contributed by atoms with Gasteiger partial charge in [-0.3, -0.25) is 0 Å². The largest absolute Gasteiger partial charge is 0.210 e. The van der Waals surface area contributed by atoms with E-state index in [0.29, 0.717) is 21.2 Å². The zero-order valence-corrected chi connectivity index (χ0v) is 8.25. The Morgan fingerprint density at radius 1 is 1.42 bits per heavy atom. The predicted octanol–water partition coefficient (Wildman–Crippen LogP) is 2.51. The molecule has 1 aromatic rings. The number of nitrogens with zero attached hydrogens (tertiary/aromatic N) is 2. The van der Waals surface area contributed by atoms with E-state index in [0.717, 1.165) is 0 Å². The molecule has 0 saturated carbocycles.